The van der Waals surface area contributed by atoms with Crippen molar-refractivity contribution >= 4 is 34.2 Å². The van der Waals surface area contributed by atoms with Gasteiger partial charge >= 0.3 is 0 Å². The van der Waals surface area contributed by atoms with Crippen LogP contribution in [0.5, 0.6) is 5.75 Å². The van der Waals surface area contributed by atoms with Gasteiger partial charge < -0.3 is 19.8 Å². The number of fused-ring (bicyclic) bond motifs is 1. The first-order valence-electron chi connectivity index (χ1n) is 9.09. The van der Waals surface area contributed by atoms with Crippen molar-refractivity contribution in [2.24, 2.45) is 0 Å². The Labute approximate surface area is 171 Å². The van der Waals surface area contributed by atoms with Gasteiger partial charge in [-0.05, 0) is 54.6 Å². The van der Waals surface area contributed by atoms with E-state index in [1.54, 1.807) is 54.6 Å². The van der Waals surface area contributed by atoms with Crippen molar-refractivity contribution in [1.29, 1.82) is 0 Å². The molecule has 0 atom stereocenters. The van der Waals surface area contributed by atoms with E-state index in [4.69, 9.17) is 9.15 Å². The maximum atomic E-state index is 13.4. The minimum atomic E-state index is -0.609. The average Bonchev–Trinajstić information content (AvgIpc) is 3.12. The molecule has 4 rings (SSSR count). The lowest BCUT2D eigenvalue weighted by atomic mass is 10.1. The molecule has 1 heterocycles. The van der Waals surface area contributed by atoms with Gasteiger partial charge in [-0.25, -0.2) is 4.39 Å². The van der Waals surface area contributed by atoms with E-state index >= 15 is 0 Å². The van der Waals surface area contributed by atoms with Crippen LogP contribution in [0.3, 0.4) is 0 Å². The normalized spacial score (nSPS) is 10.6. The molecule has 0 bridgehead atoms. The summed E-state index contributed by atoms with van der Waals surface area (Å²) in [7, 11) is 1.54. The molecule has 4 aromatic rings. The Kier molecular flexibility index (Phi) is 5.17. The van der Waals surface area contributed by atoms with Gasteiger partial charge in [0.25, 0.3) is 11.8 Å². The molecule has 0 saturated heterocycles. The molecule has 30 heavy (non-hydrogen) atoms. The summed E-state index contributed by atoms with van der Waals surface area (Å²) in [5.74, 6) is -0.964. The third kappa shape index (κ3) is 3.86. The van der Waals surface area contributed by atoms with Gasteiger partial charge in [0.1, 0.15) is 22.8 Å². The lowest BCUT2D eigenvalue weighted by Crippen LogP contribution is -2.17. The SMILES string of the molecule is COc1ccc(C(=O)Nc2c(C(=O)Nc3cccc(F)c3)oc3ccccc23)cc1. The molecule has 0 aliphatic carbocycles. The average molecular weight is 404 g/mol. The number of carbonyl (C=O) groups excluding carboxylic acids is 2. The van der Waals surface area contributed by atoms with Crippen LogP contribution in [0.2, 0.25) is 0 Å². The van der Waals surface area contributed by atoms with E-state index in [1.807, 2.05) is 0 Å². The zero-order valence-electron chi connectivity index (χ0n) is 15.9. The number of hydrogen-bond donors (Lipinski definition) is 2. The molecule has 0 fully saturated rings. The number of halogens is 1. The van der Waals surface area contributed by atoms with Crippen LogP contribution in [-0.2, 0) is 0 Å². The Morgan fingerprint density at radius 2 is 1.67 bits per heavy atom. The topological polar surface area (TPSA) is 80.6 Å². The first-order chi connectivity index (χ1) is 14.5. The van der Waals surface area contributed by atoms with Gasteiger partial charge in [-0.2, -0.15) is 0 Å². The van der Waals surface area contributed by atoms with E-state index in [2.05, 4.69) is 10.6 Å². The second-order valence-corrected chi connectivity index (χ2v) is 6.45. The number of rotatable bonds is 5. The van der Waals surface area contributed by atoms with Gasteiger partial charge in [0.05, 0.1) is 7.11 Å². The molecule has 150 valence electrons. The van der Waals surface area contributed by atoms with Crippen LogP contribution in [0.4, 0.5) is 15.8 Å². The van der Waals surface area contributed by atoms with Crippen molar-refractivity contribution < 1.29 is 23.1 Å². The first-order valence-corrected chi connectivity index (χ1v) is 9.09. The molecule has 1 aromatic heterocycles. The lowest BCUT2D eigenvalue weighted by Gasteiger charge is -2.08. The highest BCUT2D eigenvalue weighted by Crippen LogP contribution is 2.32. The van der Waals surface area contributed by atoms with Gasteiger partial charge in [0, 0.05) is 16.6 Å². The van der Waals surface area contributed by atoms with Crippen molar-refractivity contribution in [3.63, 3.8) is 0 Å². The number of amides is 2. The summed E-state index contributed by atoms with van der Waals surface area (Å²) in [5, 5.41) is 5.92. The van der Waals surface area contributed by atoms with Crippen molar-refractivity contribution in [2.75, 3.05) is 17.7 Å². The van der Waals surface area contributed by atoms with E-state index in [0.29, 0.717) is 22.3 Å². The van der Waals surface area contributed by atoms with E-state index in [9.17, 15) is 14.0 Å². The molecule has 2 N–H and O–H groups in total. The minimum Gasteiger partial charge on any atom is -0.497 e. The summed E-state index contributed by atoms with van der Waals surface area (Å²) in [5.41, 5.74) is 1.33. The van der Waals surface area contributed by atoms with Crippen molar-refractivity contribution in [3.05, 3.63) is 89.9 Å². The van der Waals surface area contributed by atoms with E-state index < -0.39 is 17.6 Å². The molecule has 0 radical (unpaired) electrons. The highest BCUT2D eigenvalue weighted by atomic mass is 19.1. The third-order valence-electron chi connectivity index (χ3n) is 4.47. The monoisotopic (exact) mass is 404 g/mol. The van der Waals surface area contributed by atoms with Gasteiger partial charge in [-0.15, -0.1) is 0 Å². The maximum absolute atomic E-state index is 13.4. The van der Waals surface area contributed by atoms with Gasteiger partial charge in [0.15, 0.2) is 0 Å². The van der Waals surface area contributed by atoms with Crippen molar-refractivity contribution in [1.82, 2.24) is 0 Å². The summed E-state index contributed by atoms with van der Waals surface area (Å²) >= 11 is 0. The molecule has 0 unspecified atom stereocenters. The van der Waals surface area contributed by atoms with Gasteiger partial charge in [-0.3, -0.25) is 9.59 Å². The maximum Gasteiger partial charge on any atom is 0.293 e. The molecular formula is C23H17FN2O4. The van der Waals surface area contributed by atoms with Crippen LogP contribution in [0.15, 0.2) is 77.2 Å². The highest BCUT2D eigenvalue weighted by Gasteiger charge is 2.23. The first kappa shape index (κ1) is 19.2. The largest absolute Gasteiger partial charge is 0.497 e. The Morgan fingerprint density at radius 1 is 0.900 bits per heavy atom. The highest BCUT2D eigenvalue weighted by molar-refractivity contribution is 6.16. The summed E-state index contributed by atoms with van der Waals surface area (Å²) in [6.07, 6.45) is 0. The standard InChI is InChI=1S/C23H17FN2O4/c1-29-17-11-9-14(10-12-17)22(27)26-20-18-7-2-3-8-19(18)30-21(20)23(28)25-16-6-4-5-15(24)13-16/h2-13H,1H3,(H,25,28)(H,26,27). The zero-order chi connectivity index (χ0) is 21.1. The van der Waals surface area contributed by atoms with Crippen LogP contribution in [0.1, 0.15) is 20.9 Å². The van der Waals surface area contributed by atoms with Crippen LogP contribution >= 0.6 is 0 Å². The van der Waals surface area contributed by atoms with Crippen LogP contribution in [-0.4, -0.2) is 18.9 Å². The summed E-state index contributed by atoms with van der Waals surface area (Å²) in [6, 6.07) is 19.0. The predicted octanol–water partition coefficient (Wildman–Crippen LogP) is 5.09. The number of furan rings is 1. The molecule has 0 aliphatic heterocycles. The van der Waals surface area contributed by atoms with Gasteiger partial charge in [0.2, 0.25) is 5.76 Å². The Bertz CT molecular complexity index is 1230. The number of nitrogens with one attached hydrogen (secondary N) is 2. The van der Waals surface area contributed by atoms with Crippen LogP contribution in [0.25, 0.3) is 11.0 Å². The Balaban J connectivity index is 1.67. The summed E-state index contributed by atoms with van der Waals surface area (Å²) in [6.45, 7) is 0. The molecule has 7 heteroatoms. The van der Waals surface area contributed by atoms with Gasteiger partial charge in [-0.1, -0.05) is 18.2 Å². The van der Waals surface area contributed by atoms with Crippen LogP contribution in [0, 0.1) is 5.82 Å². The molecule has 0 spiro atoms. The van der Waals surface area contributed by atoms with Crippen molar-refractivity contribution in [2.45, 2.75) is 0 Å². The molecule has 3 aromatic carbocycles. The fourth-order valence-corrected chi connectivity index (χ4v) is 3.01. The Hall–Kier alpha value is -4.13. The second-order valence-electron chi connectivity index (χ2n) is 6.45. The van der Waals surface area contributed by atoms with E-state index in [0.717, 1.165) is 0 Å². The number of methoxy groups -OCH3 is 1. The van der Waals surface area contributed by atoms with E-state index in [1.165, 1.54) is 25.3 Å². The molecule has 2 amide bonds. The third-order valence-corrected chi connectivity index (χ3v) is 4.47. The molecule has 0 aliphatic rings. The predicted molar refractivity (Wildman–Crippen MR) is 112 cm³/mol. The number of benzene rings is 3. The number of carbonyl (C=O) groups is 2. The van der Waals surface area contributed by atoms with Crippen molar-refractivity contribution in [3.8, 4) is 5.75 Å². The van der Waals surface area contributed by atoms with E-state index in [-0.39, 0.29) is 17.1 Å². The number of hydrogen-bond acceptors (Lipinski definition) is 4. The quantitative estimate of drug-likeness (QED) is 0.486. The molecular weight excluding hydrogens is 387 g/mol. The minimum absolute atomic E-state index is 0.0812. The van der Waals surface area contributed by atoms with Crippen LogP contribution < -0.4 is 15.4 Å². The summed E-state index contributed by atoms with van der Waals surface area (Å²) < 4.78 is 24.2. The lowest BCUT2D eigenvalue weighted by molar-refractivity contribution is 0.0999. The molecule has 6 nitrogen and oxygen atoms in total. The number of anilines is 2. The number of ether oxygens (including phenoxy) is 1. The molecule has 0 saturated carbocycles. The second kappa shape index (κ2) is 8.08. The smallest absolute Gasteiger partial charge is 0.293 e. The fraction of sp³-hybridized carbons (Fsp3) is 0.0435. The number of para-hydroxylation sites is 1. The zero-order valence-corrected chi connectivity index (χ0v) is 15.9. The fourth-order valence-electron chi connectivity index (χ4n) is 3.01. The Morgan fingerprint density at radius 3 is 2.40 bits per heavy atom. The summed E-state index contributed by atoms with van der Waals surface area (Å²) in [4.78, 5) is 25.6.